The first-order chi connectivity index (χ1) is 31.7. The molecular formula is C60H40N4. The summed E-state index contributed by atoms with van der Waals surface area (Å²) in [5.74, 6) is 0. The molecule has 0 spiro atoms. The second-order valence-electron chi connectivity index (χ2n) is 16.7. The molecule has 2 aromatic heterocycles. The van der Waals surface area contributed by atoms with E-state index < -0.39 is 0 Å². The Morgan fingerprint density at radius 2 is 0.531 bits per heavy atom. The highest BCUT2D eigenvalue weighted by atomic mass is 15.2. The fourth-order valence-corrected chi connectivity index (χ4v) is 10.1. The summed E-state index contributed by atoms with van der Waals surface area (Å²) in [6.45, 7) is 0. The zero-order valence-electron chi connectivity index (χ0n) is 34.9. The monoisotopic (exact) mass is 816 g/mol. The third-order valence-corrected chi connectivity index (χ3v) is 12.9. The van der Waals surface area contributed by atoms with Crippen LogP contribution in [0.5, 0.6) is 0 Å². The molecule has 1 aliphatic heterocycles. The summed E-state index contributed by atoms with van der Waals surface area (Å²) in [6, 6.07) is 88.7. The Kier molecular flexibility index (Phi) is 8.18. The maximum absolute atomic E-state index is 2.41. The molecule has 0 fully saturated rings. The van der Waals surface area contributed by atoms with Crippen LogP contribution in [0.4, 0.5) is 34.1 Å². The average molecular weight is 817 g/mol. The van der Waals surface area contributed by atoms with E-state index in [9.17, 15) is 0 Å². The van der Waals surface area contributed by atoms with Crippen LogP contribution in [0.2, 0.25) is 0 Å². The van der Waals surface area contributed by atoms with Gasteiger partial charge in [-0.3, -0.25) is 0 Å². The molecule has 3 heterocycles. The number of rotatable bonds is 4. The molecular weight excluding hydrogens is 777 g/mol. The van der Waals surface area contributed by atoms with Gasteiger partial charge in [0.25, 0.3) is 0 Å². The van der Waals surface area contributed by atoms with Gasteiger partial charge < -0.3 is 18.9 Å². The van der Waals surface area contributed by atoms with Crippen molar-refractivity contribution in [2.45, 2.75) is 0 Å². The van der Waals surface area contributed by atoms with Crippen LogP contribution in [0.25, 0.3) is 77.2 Å². The maximum atomic E-state index is 2.41. The molecule has 4 heteroatoms. The SMILES string of the molecule is c1ccc(-n2c3ccccc3c3cc(N4c5cccc(c5)-c5cccc(c5)N(c5ccc6c7ccccc7n(-c7ccccc7)c6c5)c5cccc(c5)-c5cccc4c5)ccc32)cc1. The van der Waals surface area contributed by atoms with Gasteiger partial charge in [0.15, 0.2) is 0 Å². The Balaban J connectivity index is 1.01. The molecule has 4 nitrogen and oxygen atoms in total. The molecule has 0 unspecified atom stereocenters. The van der Waals surface area contributed by atoms with Gasteiger partial charge in [-0.2, -0.15) is 0 Å². The van der Waals surface area contributed by atoms with Gasteiger partial charge in [0.1, 0.15) is 0 Å². The maximum Gasteiger partial charge on any atom is 0.0561 e. The lowest BCUT2D eigenvalue weighted by atomic mass is 10.00. The summed E-state index contributed by atoms with van der Waals surface area (Å²) in [5.41, 5.74) is 18.2. The first-order valence-electron chi connectivity index (χ1n) is 21.9. The number of benzene rings is 10. The lowest BCUT2D eigenvalue weighted by Crippen LogP contribution is -2.11. The van der Waals surface area contributed by atoms with Crippen LogP contribution in [-0.2, 0) is 0 Å². The van der Waals surface area contributed by atoms with E-state index in [2.05, 4.69) is 262 Å². The Hall–Kier alpha value is -8.60. The van der Waals surface area contributed by atoms with E-state index in [0.29, 0.717) is 0 Å². The highest BCUT2D eigenvalue weighted by molar-refractivity contribution is 6.12. The third kappa shape index (κ3) is 5.77. The largest absolute Gasteiger partial charge is 0.310 e. The van der Waals surface area contributed by atoms with Gasteiger partial charge in [0.2, 0.25) is 0 Å². The number of nitrogens with zero attached hydrogens (tertiary/aromatic N) is 4. The van der Waals surface area contributed by atoms with Crippen molar-refractivity contribution < 1.29 is 0 Å². The highest BCUT2D eigenvalue weighted by Gasteiger charge is 2.22. The highest BCUT2D eigenvalue weighted by Crippen LogP contribution is 2.45. The molecule has 0 amide bonds. The van der Waals surface area contributed by atoms with Gasteiger partial charge in [-0.15, -0.1) is 0 Å². The molecule has 10 aromatic carbocycles. The van der Waals surface area contributed by atoms with Gasteiger partial charge in [-0.25, -0.2) is 0 Å². The minimum atomic E-state index is 1.09. The molecule has 300 valence electrons. The lowest BCUT2D eigenvalue weighted by molar-refractivity contribution is 1.18. The van der Waals surface area contributed by atoms with Crippen molar-refractivity contribution in [1.82, 2.24) is 9.13 Å². The quantitative estimate of drug-likeness (QED) is 0.176. The normalized spacial score (nSPS) is 12.3. The third-order valence-electron chi connectivity index (χ3n) is 12.9. The van der Waals surface area contributed by atoms with Crippen LogP contribution >= 0.6 is 0 Å². The second kappa shape index (κ2) is 14.5. The molecule has 0 aliphatic carbocycles. The van der Waals surface area contributed by atoms with E-state index in [4.69, 9.17) is 0 Å². The van der Waals surface area contributed by atoms with Crippen LogP contribution in [-0.4, -0.2) is 9.13 Å². The summed E-state index contributed by atoms with van der Waals surface area (Å²) in [7, 11) is 0. The lowest BCUT2D eigenvalue weighted by Gasteiger charge is -2.29. The van der Waals surface area contributed by atoms with Gasteiger partial charge in [0.05, 0.1) is 22.1 Å². The van der Waals surface area contributed by atoms with Crippen LogP contribution in [0.1, 0.15) is 0 Å². The molecule has 12 aromatic rings. The van der Waals surface area contributed by atoms with Crippen molar-refractivity contribution >= 4 is 77.7 Å². The van der Waals surface area contributed by atoms with Gasteiger partial charge >= 0.3 is 0 Å². The number of hydrogen-bond donors (Lipinski definition) is 0. The predicted octanol–water partition coefficient (Wildman–Crippen LogP) is 16.5. The Labute approximate surface area is 371 Å². The fourth-order valence-electron chi connectivity index (χ4n) is 10.1. The van der Waals surface area contributed by atoms with E-state index in [1.807, 2.05) is 0 Å². The Bertz CT molecular complexity index is 3660. The molecule has 1 aliphatic rings. The number of anilines is 6. The van der Waals surface area contributed by atoms with Crippen molar-refractivity contribution in [3.8, 4) is 33.6 Å². The van der Waals surface area contributed by atoms with Crippen molar-refractivity contribution in [2.24, 2.45) is 0 Å². The van der Waals surface area contributed by atoms with Crippen LogP contribution in [0, 0.1) is 0 Å². The molecule has 0 saturated heterocycles. The number of hydrogen-bond acceptors (Lipinski definition) is 2. The summed E-state index contributed by atoms with van der Waals surface area (Å²) in [6.07, 6.45) is 0. The molecule has 0 atom stereocenters. The number of fused-ring (bicyclic) bond motifs is 16. The predicted molar refractivity (Wildman–Crippen MR) is 269 cm³/mol. The first-order valence-corrected chi connectivity index (χ1v) is 21.9. The van der Waals surface area contributed by atoms with Crippen molar-refractivity contribution in [3.05, 3.63) is 243 Å². The molecule has 0 radical (unpaired) electrons. The molecule has 13 rings (SSSR count). The minimum Gasteiger partial charge on any atom is -0.310 e. The molecule has 0 N–H and O–H groups in total. The topological polar surface area (TPSA) is 16.3 Å². The zero-order chi connectivity index (χ0) is 42.1. The molecule has 8 bridgehead atoms. The van der Waals surface area contributed by atoms with E-state index >= 15 is 0 Å². The van der Waals surface area contributed by atoms with E-state index in [0.717, 1.165) is 67.8 Å². The summed E-state index contributed by atoms with van der Waals surface area (Å²) in [4.78, 5) is 4.82. The zero-order valence-corrected chi connectivity index (χ0v) is 34.9. The second-order valence-corrected chi connectivity index (χ2v) is 16.7. The summed E-state index contributed by atoms with van der Waals surface area (Å²) in [5, 5.41) is 4.91. The van der Waals surface area contributed by atoms with Gasteiger partial charge in [0, 0.05) is 67.0 Å². The standard InChI is InChI=1S/C60H40N4/c1-3-19-45(20-4-1)63-58-30-10-8-28-54(58)56-39-51(32-34-59(56)63)61-47-23-11-15-41(35-47)43-17-13-25-49(37-43)62(50-26-14-18-44(38-50)42-16-12-24-48(61)36-42)52-31-33-55-53-27-7-9-29-57(53)64(60(55)40-52)46-21-5-2-6-22-46/h1-40H. The number of aromatic nitrogens is 2. The first kappa shape index (κ1) is 36.1. The van der Waals surface area contributed by atoms with Crippen LogP contribution in [0.15, 0.2) is 243 Å². The number of para-hydroxylation sites is 4. The van der Waals surface area contributed by atoms with E-state index in [1.165, 1.54) is 43.6 Å². The minimum absolute atomic E-state index is 1.09. The fraction of sp³-hybridized carbons (Fsp3) is 0. The van der Waals surface area contributed by atoms with Crippen molar-refractivity contribution in [2.75, 3.05) is 9.80 Å². The van der Waals surface area contributed by atoms with Crippen molar-refractivity contribution in [1.29, 1.82) is 0 Å². The van der Waals surface area contributed by atoms with Gasteiger partial charge in [-0.05, 0) is 138 Å². The van der Waals surface area contributed by atoms with E-state index in [-0.39, 0.29) is 0 Å². The van der Waals surface area contributed by atoms with Crippen LogP contribution in [0.3, 0.4) is 0 Å². The summed E-state index contributed by atoms with van der Waals surface area (Å²) >= 11 is 0. The van der Waals surface area contributed by atoms with Crippen molar-refractivity contribution in [3.63, 3.8) is 0 Å². The summed E-state index contributed by atoms with van der Waals surface area (Å²) < 4.78 is 4.77. The van der Waals surface area contributed by atoms with Gasteiger partial charge in [-0.1, -0.05) is 127 Å². The smallest absolute Gasteiger partial charge is 0.0561 e. The Morgan fingerprint density at radius 1 is 0.188 bits per heavy atom. The van der Waals surface area contributed by atoms with Crippen LogP contribution < -0.4 is 9.80 Å². The average Bonchev–Trinajstić information content (AvgIpc) is 3.87. The van der Waals surface area contributed by atoms with E-state index in [1.54, 1.807) is 0 Å². The molecule has 0 saturated carbocycles. The molecule has 64 heavy (non-hydrogen) atoms. The Morgan fingerprint density at radius 3 is 1.03 bits per heavy atom.